The van der Waals surface area contributed by atoms with Crippen molar-refractivity contribution in [2.45, 2.75) is 25.4 Å². The minimum Gasteiger partial charge on any atom is -0.395 e. The monoisotopic (exact) mass is 416 g/mol. The molecule has 6 rings (SSSR count). The van der Waals surface area contributed by atoms with Crippen molar-refractivity contribution in [1.29, 1.82) is 0 Å². The summed E-state index contributed by atoms with van der Waals surface area (Å²) >= 11 is 0. The zero-order valence-corrected chi connectivity index (χ0v) is 17.1. The van der Waals surface area contributed by atoms with Gasteiger partial charge in [0, 0.05) is 50.2 Å². The molecule has 0 aliphatic carbocycles. The van der Waals surface area contributed by atoms with Crippen molar-refractivity contribution in [3.05, 3.63) is 64.8 Å². The van der Waals surface area contributed by atoms with Gasteiger partial charge in [-0.15, -0.1) is 0 Å². The first kappa shape index (κ1) is 18.4. The van der Waals surface area contributed by atoms with E-state index in [1.807, 2.05) is 28.8 Å². The molecule has 5 heterocycles. The fourth-order valence-electron chi connectivity index (χ4n) is 5.33. The van der Waals surface area contributed by atoms with Gasteiger partial charge in [-0.1, -0.05) is 12.1 Å². The quantitative estimate of drug-likeness (QED) is 0.532. The second kappa shape index (κ2) is 7.09. The van der Waals surface area contributed by atoms with Crippen molar-refractivity contribution in [2.24, 2.45) is 5.92 Å². The van der Waals surface area contributed by atoms with Gasteiger partial charge >= 0.3 is 0 Å². The number of anilines is 1. The van der Waals surface area contributed by atoms with E-state index in [-0.39, 0.29) is 18.1 Å². The van der Waals surface area contributed by atoms with Gasteiger partial charge in [0.1, 0.15) is 5.82 Å². The average Bonchev–Trinajstić information content (AvgIpc) is 3.43. The number of fused-ring (bicyclic) bond motifs is 5. The lowest BCUT2D eigenvalue weighted by Crippen LogP contribution is -2.48. The SMILES string of the molecule is O=c1c(-c2ncc[nH]2)ccc2n1C[C@H]1C[C@@H]2CN(c2nc3ccccc3n2CCO)C1. The summed E-state index contributed by atoms with van der Waals surface area (Å²) in [6, 6.07) is 12.0. The molecule has 0 saturated carbocycles. The molecule has 2 N–H and O–H groups in total. The topological polar surface area (TPSA) is 92.0 Å². The highest BCUT2D eigenvalue weighted by molar-refractivity contribution is 5.79. The van der Waals surface area contributed by atoms with E-state index in [1.165, 1.54) is 0 Å². The molecule has 1 fully saturated rings. The number of aromatic nitrogens is 5. The van der Waals surface area contributed by atoms with E-state index >= 15 is 0 Å². The molecule has 4 aromatic rings. The molecule has 1 aromatic carbocycles. The van der Waals surface area contributed by atoms with Crippen LogP contribution in [0.15, 0.2) is 53.6 Å². The zero-order valence-electron chi connectivity index (χ0n) is 17.1. The van der Waals surface area contributed by atoms with Gasteiger partial charge in [-0.3, -0.25) is 4.79 Å². The maximum absolute atomic E-state index is 13.2. The number of hydrogen-bond donors (Lipinski definition) is 2. The molecule has 2 aliphatic heterocycles. The summed E-state index contributed by atoms with van der Waals surface area (Å²) in [6.45, 7) is 2.95. The maximum Gasteiger partial charge on any atom is 0.261 e. The highest BCUT2D eigenvalue weighted by Crippen LogP contribution is 2.38. The number of hydrogen-bond acceptors (Lipinski definition) is 5. The number of aliphatic hydroxyl groups is 1. The van der Waals surface area contributed by atoms with Crippen LogP contribution >= 0.6 is 0 Å². The summed E-state index contributed by atoms with van der Waals surface area (Å²) in [5.41, 5.74) is 3.73. The molecule has 1 saturated heterocycles. The summed E-state index contributed by atoms with van der Waals surface area (Å²) in [5, 5.41) is 9.63. The molecular weight excluding hydrogens is 392 g/mol. The zero-order chi connectivity index (χ0) is 20.9. The van der Waals surface area contributed by atoms with Crippen LogP contribution in [-0.2, 0) is 13.1 Å². The summed E-state index contributed by atoms with van der Waals surface area (Å²) in [6.07, 6.45) is 4.49. The highest BCUT2D eigenvalue weighted by Gasteiger charge is 2.36. The molecule has 0 spiro atoms. The molecule has 2 aliphatic rings. The Labute approximate surface area is 178 Å². The first-order chi connectivity index (χ1) is 15.2. The molecule has 158 valence electrons. The van der Waals surface area contributed by atoms with E-state index in [4.69, 9.17) is 4.98 Å². The molecule has 2 bridgehead atoms. The standard InChI is InChI=1S/C23H24N6O2/c30-10-9-28-20-4-2-1-3-18(20)26-23(28)27-12-15-11-16(14-27)19-6-5-17(21-24-7-8-25-21)22(31)29(19)13-15/h1-8,15-16,30H,9-14H2,(H,24,25)/t15-,16+/m0/s1. The van der Waals surface area contributed by atoms with E-state index in [0.29, 0.717) is 30.4 Å². The Kier molecular flexibility index (Phi) is 4.21. The van der Waals surface area contributed by atoms with Crippen LogP contribution < -0.4 is 10.5 Å². The van der Waals surface area contributed by atoms with Crippen LogP contribution in [0.2, 0.25) is 0 Å². The third-order valence-corrected chi connectivity index (χ3v) is 6.60. The van der Waals surface area contributed by atoms with E-state index in [9.17, 15) is 9.90 Å². The molecule has 8 nitrogen and oxygen atoms in total. The van der Waals surface area contributed by atoms with E-state index < -0.39 is 0 Å². The summed E-state index contributed by atoms with van der Waals surface area (Å²) in [7, 11) is 0. The Hall–Kier alpha value is -3.39. The van der Waals surface area contributed by atoms with Gasteiger partial charge in [0.2, 0.25) is 5.95 Å². The van der Waals surface area contributed by atoms with E-state index in [0.717, 1.165) is 42.2 Å². The Morgan fingerprint density at radius 2 is 2.03 bits per heavy atom. The van der Waals surface area contributed by atoms with E-state index in [1.54, 1.807) is 12.4 Å². The average molecular weight is 416 g/mol. The van der Waals surface area contributed by atoms with Crippen molar-refractivity contribution < 1.29 is 5.11 Å². The number of rotatable bonds is 4. The first-order valence-electron chi connectivity index (χ1n) is 10.8. The van der Waals surface area contributed by atoms with Gasteiger partial charge in [0.15, 0.2) is 0 Å². The fraction of sp³-hybridized carbons (Fsp3) is 0.348. The number of imidazole rings is 2. The maximum atomic E-state index is 13.2. The third-order valence-electron chi connectivity index (χ3n) is 6.60. The minimum atomic E-state index is 0.0307. The molecule has 0 amide bonds. The van der Waals surface area contributed by atoms with Crippen LogP contribution in [0.5, 0.6) is 0 Å². The number of aliphatic hydroxyl groups excluding tert-OH is 1. The van der Waals surface area contributed by atoms with Gasteiger partial charge in [0.25, 0.3) is 5.56 Å². The smallest absolute Gasteiger partial charge is 0.261 e. The van der Waals surface area contributed by atoms with Crippen LogP contribution in [0.25, 0.3) is 22.4 Å². The van der Waals surface area contributed by atoms with Crippen molar-refractivity contribution in [3.8, 4) is 11.4 Å². The summed E-state index contributed by atoms with van der Waals surface area (Å²) in [5.74, 6) is 2.18. The van der Waals surface area contributed by atoms with Crippen LogP contribution in [-0.4, -0.2) is 48.9 Å². The predicted octanol–water partition coefficient (Wildman–Crippen LogP) is 2.20. The number of H-pyrrole nitrogens is 1. The second-order valence-corrected chi connectivity index (χ2v) is 8.50. The minimum absolute atomic E-state index is 0.0307. The number of para-hydroxylation sites is 2. The lowest BCUT2D eigenvalue weighted by atomic mass is 9.83. The van der Waals surface area contributed by atoms with Gasteiger partial charge in [-0.2, -0.15) is 0 Å². The molecule has 8 heteroatoms. The van der Waals surface area contributed by atoms with Crippen molar-refractivity contribution in [1.82, 2.24) is 24.1 Å². The number of nitrogens with one attached hydrogen (secondary N) is 1. The van der Waals surface area contributed by atoms with Crippen molar-refractivity contribution >= 4 is 17.0 Å². The first-order valence-corrected chi connectivity index (χ1v) is 10.8. The molecule has 31 heavy (non-hydrogen) atoms. The Balaban J connectivity index is 1.38. The number of pyridine rings is 1. The number of nitrogens with zero attached hydrogens (tertiary/aromatic N) is 5. The second-order valence-electron chi connectivity index (χ2n) is 8.50. The van der Waals surface area contributed by atoms with Crippen LogP contribution in [0.4, 0.5) is 5.95 Å². The van der Waals surface area contributed by atoms with Crippen LogP contribution in [0, 0.1) is 5.92 Å². The van der Waals surface area contributed by atoms with Crippen molar-refractivity contribution in [2.75, 3.05) is 24.6 Å². The van der Waals surface area contributed by atoms with Gasteiger partial charge < -0.3 is 24.1 Å². The Morgan fingerprint density at radius 1 is 1.13 bits per heavy atom. The Bertz CT molecular complexity index is 1310. The number of aromatic amines is 1. The molecule has 0 radical (unpaired) electrons. The van der Waals surface area contributed by atoms with Crippen LogP contribution in [0.3, 0.4) is 0 Å². The van der Waals surface area contributed by atoms with E-state index in [2.05, 4.69) is 31.6 Å². The van der Waals surface area contributed by atoms with Gasteiger partial charge in [-0.05, 0) is 36.6 Å². The Morgan fingerprint density at radius 3 is 2.87 bits per heavy atom. The van der Waals surface area contributed by atoms with Gasteiger partial charge in [0.05, 0.1) is 23.2 Å². The predicted molar refractivity (Wildman–Crippen MR) is 118 cm³/mol. The van der Waals surface area contributed by atoms with Crippen LogP contribution in [0.1, 0.15) is 18.0 Å². The molecule has 2 atom stereocenters. The largest absolute Gasteiger partial charge is 0.395 e. The summed E-state index contributed by atoms with van der Waals surface area (Å²) < 4.78 is 4.06. The molecule has 0 unspecified atom stereocenters. The summed E-state index contributed by atoms with van der Waals surface area (Å²) in [4.78, 5) is 27.7. The lowest BCUT2D eigenvalue weighted by Gasteiger charge is -2.43. The highest BCUT2D eigenvalue weighted by atomic mass is 16.3. The molecule has 3 aromatic heterocycles. The normalized spacial score (nSPS) is 20.2. The molecular formula is C23H24N6O2. The lowest BCUT2D eigenvalue weighted by molar-refractivity contribution is 0.268. The third kappa shape index (κ3) is 2.90. The van der Waals surface area contributed by atoms with Crippen molar-refractivity contribution in [3.63, 3.8) is 0 Å². The number of benzene rings is 1. The van der Waals surface area contributed by atoms with Gasteiger partial charge in [-0.25, -0.2) is 9.97 Å². The number of piperidine rings is 1. The fourth-order valence-corrected chi connectivity index (χ4v) is 5.33.